The van der Waals surface area contributed by atoms with Gasteiger partial charge >= 0.3 is 0 Å². The molecule has 3 aromatic rings. The van der Waals surface area contributed by atoms with E-state index in [0.29, 0.717) is 19.7 Å². The van der Waals surface area contributed by atoms with Crippen LogP contribution in [-0.2, 0) is 13.2 Å². The van der Waals surface area contributed by atoms with E-state index in [0.717, 1.165) is 16.9 Å². The van der Waals surface area contributed by atoms with Gasteiger partial charge in [0.1, 0.15) is 12.4 Å². The molecular weight excluding hydrogens is 322 g/mol. The molecule has 0 bridgehead atoms. The van der Waals surface area contributed by atoms with Gasteiger partial charge in [-0.2, -0.15) is 0 Å². The van der Waals surface area contributed by atoms with Gasteiger partial charge < -0.3 is 15.2 Å². The number of aliphatic hydroxyl groups is 1. The zero-order chi connectivity index (χ0) is 18.2. The highest BCUT2D eigenvalue weighted by Gasteiger charge is 2.08. The number of hydrogen-bond donors (Lipinski definition) is 2. The van der Waals surface area contributed by atoms with E-state index in [9.17, 15) is 5.11 Å². The van der Waals surface area contributed by atoms with Crippen molar-refractivity contribution in [1.82, 2.24) is 5.32 Å². The number of rotatable bonds is 8. The van der Waals surface area contributed by atoms with Crippen LogP contribution >= 0.6 is 0 Å². The van der Waals surface area contributed by atoms with Crippen LogP contribution < -0.4 is 10.1 Å². The van der Waals surface area contributed by atoms with Crippen LogP contribution in [0.15, 0.2) is 78.9 Å². The van der Waals surface area contributed by atoms with Gasteiger partial charge in [0.25, 0.3) is 0 Å². The molecule has 0 unspecified atom stereocenters. The quantitative estimate of drug-likeness (QED) is 0.635. The van der Waals surface area contributed by atoms with Crippen molar-refractivity contribution in [2.24, 2.45) is 0 Å². The smallest absolute Gasteiger partial charge is 0.124 e. The summed E-state index contributed by atoms with van der Waals surface area (Å²) in [5, 5.41) is 13.6. The van der Waals surface area contributed by atoms with Crippen LogP contribution in [0.25, 0.3) is 0 Å². The number of hydrogen-bond acceptors (Lipinski definition) is 3. The zero-order valence-electron chi connectivity index (χ0n) is 15.1. The molecule has 0 aliphatic rings. The first-order valence-electron chi connectivity index (χ1n) is 8.93. The van der Waals surface area contributed by atoms with E-state index in [1.807, 2.05) is 60.7 Å². The third-order valence-electron chi connectivity index (χ3n) is 4.45. The summed E-state index contributed by atoms with van der Waals surface area (Å²) in [6.45, 7) is 3.79. The summed E-state index contributed by atoms with van der Waals surface area (Å²) in [6.07, 6.45) is -0.517. The molecule has 3 nitrogen and oxygen atoms in total. The van der Waals surface area contributed by atoms with Crippen molar-refractivity contribution in [3.63, 3.8) is 0 Å². The van der Waals surface area contributed by atoms with Crippen molar-refractivity contribution >= 4 is 0 Å². The summed E-state index contributed by atoms with van der Waals surface area (Å²) >= 11 is 0. The SMILES string of the molecule is Cc1ccccc1COc1ccccc1CNC[C@@H](O)c1ccccc1. The standard InChI is InChI=1S/C23H25NO2/c1-18-9-5-6-13-21(18)17-26-23-14-8-7-12-20(23)15-24-16-22(25)19-10-3-2-4-11-19/h2-14,22,24-25H,15-17H2,1H3/t22-/m1/s1. The van der Waals surface area contributed by atoms with E-state index >= 15 is 0 Å². The van der Waals surface area contributed by atoms with E-state index in [1.165, 1.54) is 11.1 Å². The van der Waals surface area contributed by atoms with Crippen molar-refractivity contribution in [2.75, 3.05) is 6.54 Å². The van der Waals surface area contributed by atoms with E-state index in [1.54, 1.807) is 0 Å². The molecule has 0 aliphatic carbocycles. The first-order chi connectivity index (χ1) is 12.7. The fraction of sp³-hybridized carbons (Fsp3) is 0.217. The van der Waals surface area contributed by atoms with E-state index in [2.05, 4.69) is 30.4 Å². The van der Waals surface area contributed by atoms with Gasteiger partial charge in [0.15, 0.2) is 0 Å². The summed E-state index contributed by atoms with van der Waals surface area (Å²) in [7, 11) is 0. The molecule has 3 rings (SSSR count). The predicted molar refractivity (Wildman–Crippen MR) is 105 cm³/mol. The first kappa shape index (κ1) is 18.2. The van der Waals surface area contributed by atoms with Gasteiger partial charge in [0.2, 0.25) is 0 Å². The second-order valence-corrected chi connectivity index (χ2v) is 6.38. The Bertz CT molecular complexity index is 817. The fourth-order valence-electron chi connectivity index (χ4n) is 2.85. The van der Waals surface area contributed by atoms with Crippen LogP contribution in [0.4, 0.5) is 0 Å². The third kappa shape index (κ3) is 4.94. The van der Waals surface area contributed by atoms with Crippen molar-refractivity contribution in [1.29, 1.82) is 0 Å². The number of para-hydroxylation sites is 1. The number of aliphatic hydroxyl groups excluding tert-OH is 1. The average Bonchev–Trinajstić information content (AvgIpc) is 2.69. The largest absolute Gasteiger partial charge is 0.489 e. The molecule has 0 heterocycles. The third-order valence-corrected chi connectivity index (χ3v) is 4.45. The lowest BCUT2D eigenvalue weighted by molar-refractivity contribution is 0.174. The lowest BCUT2D eigenvalue weighted by Gasteiger charge is -2.15. The summed E-state index contributed by atoms with van der Waals surface area (Å²) < 4.78 is 6.04. The van der Waals surface area contributed by atoms with Crippen LogP contribution in [0.1, 0.15) is 28.4 Å². The van der Waals surface area contributed by atoms with E-state index < -0.39 is 6.10 Å². The molecule has 0 aromatic heterocycles. The molecule has 0 radical (unpaired) electrons. The van der Waals surface area contributed by atoms with Crippen molar-refractivity contribution in [3.8, 4) is 5.75 Å². The molecule has 0 aliphatic heterocycles. The lowest BCUT2D eigenvalue weighted by atomic mass is 10.1. The van der Waals surface area contributed by atoms with Gasteiger partial charge in [-0.25, -0.2) is 0 Å². The predicted octanol–water partition coefficient (Wildman–Crippen LogP) is 4.40. The van der Waals surface area contributed by atoms with Crippen molar-refractivity contribution in [3.05, 3.63) is 101 Å². The number of benzene rings is 3. The second kappa shape index (κ2) is 9.18. The number of nitrogens with one attached hydrogen (secondary N) is 1. The van der Waals surface area contributed by atoms with Gasteiger partial charge in [-0.15, -0.1) is 0 Å². The molecule has 0 saturated heterocycles. The molecule has 0 amide bonds. The fourth-order valence-corrected chi connectivity index (χ4v) is 2.85. The van der Waals surface area contributed by atoms with Gasteiger partial charge in [-0.05, 0) is 29.7 Å². The molecule has 134 valence electrons. The Morgan fingerprint density at radius 1 is 0.846 bits per heavy atom. The molecule has 0 spiro atoms. The minimum atomic E-state index is -0.517. The highest BCUT2D eigenvalue weighted by atomic mass is 16.5. The van der Waals surface area contributed by atoms with Crippen molar-refractivity contribution < 1.29 is 9.84 Å². The Hall–Kier alpha value is -2.62. The highest BCUT2D eigenvalue weighted by molar-refractivity contribution is 5.34. The van der Waals surface area contributed by atoms with Gasteiger partial charge in [0, 0.05) is 18.7 Å². The van der Waals surface area contributed by atoms with Gasteiger partial charge in [0.05, 0.1) is 6.10 Å². The molecule has 0 saturated carbocycles. The second-order valence-electron chi connectivity index (χ2n) is 6.38. The molecule has 0 fully saturated rings. The average molecular weight is 347 g/mol. The Kier molecular flexibility index (Phi) is 6.42. The normalized spacial score (nSPS) is 11.9. The van der Waals surface area contributed by atoms with Gasteiger partial charge in [-0.3, -0.25) is 0 Å². The zero-order valence-corrected chi connectivity index (χ0v) is 15.1. The van der Waals surface area contributed by atoms with Crippen molar-refractivity contribution in [2.45, 2.75) is 26.2 Å². The summed E-state index contributed by atoms with van der Waals surface area (Å²) in [6, 6.07) is 26.0. The molecular formula is C23H25NO2. The van der Waals surface area contributed by atoms with E-state index in [-0.39, 0.29) is 0 Å². The summed E-state index contributed by atoms with van der Waals surface area (Å²) in [5.41, 5.74) is 4.43. The molecule has 1 atom stereocenters. The lowest BCUT2D eigenvalue weighted by Crippen LogP contribution is -2.21. The van der Waals surface area contributed by atoms with Gasteiger partial charge in [-0.1, -0.05) is 72.8 Å². The highest BCUT2D eigenvalue weighted by Crippen LogP contribution is 2.20. The minimum absolute atomic E-state index is 0.496. The van der Waals surface area contributed by atoms with Crippen LogP contribution in [0.3, 0.4) is 0 Å². The molecule has 2 N–H and O–H groups in total. The topological polar surface area (TPSA) is 41.5 Å². The summed E-state index contributed by atoms with van der Waals surface area (Å²) in [4.78, 5) is 0. The summed E-state index contributed by atoms with van der Waals surface area (Å²) in [5.74, 6) is 0.873. The molecule has 26 heavy (non-hydrogen) atoms. The van der Waals surface area contributed by atoms with Crippen LogP contribution in [-0.4, -0.2) is 11.7 Å². The molecule has 3 heteroatoms. The van der Waals surface area contributed by atoms with Crippen LogP contribution in [0.2, 0.25) is 0 Å². The Morgan fingerprint density at radius 2 is 1.50 bits per heavy atom. The first-order valence-corrected chi connectivity index (χ1v) is 8.93. The van der Waals surface area contributed by atoms with Crippen LogP contribution in [0.5, 0.6) is 5.75 Å². The number of aryl methyl sites for hydroxylation is 1. The Labute approximate surface area is 155 Å². The Morgan fingerprint density at radius 3 is 2.27 bits per heavy atom. The number of ether oxygens (including phenoxy) is 1. The minimum Gasteiger partial charge on any atom is -0.489 e. The van der Waals surface area contributed by atoms with E-state index in [4.69, 9.17) is 4.74 Å². The molecule has 3 aromatic carbocycles. The van der Waals surface area contributed by atoms with Crippen LogP contribution in [0, 0.1) is 6.92 Å². The maximum absolute atomic E-state index is 10.3. The Balaban J connectivity index is 1.56. The maximum atomic E-state index is 10.3. The maximum Gasteiger partial charge on any atom is 0.124 e. The monoisotopic (exact) mass is 347 g/mol.